The normalized spacial score (nSPS) is 16.2. The lowest BCUT2D eigenvalue weighted by Crippen LogP contribution is -2.30. The van der Waals surface area contributed by atoms with Crippen molar-refractivity contribution < 1.29 is 0 Å². The van der Waals surface area contributed by atoms with E-state index in [2.05, 4.69) is 14.9 Å². The molecule has 3 nitrogen and oxygen atoms in total. The molecule has 14 heavy (non-hydrogen) atoms. The van der Waals surface area contributed by atoms with Gasteiger partial charge in [-0.1, -0.05) is 0 Å². The van der Waals surface area contributed by atoms with Crippen LogP contribution in [0.1, 0.15) is 25.0 Å². The number of rotatable bonds is 1. The fourth-order valence-electron chi connectivity index (χ4n) is 1.82. The largest absolute Gasteiger partial charge is 0.355 e. The van der Waals surface area contributed by atoms with Crippen molar-refractivity contribution in [1.29, 1.82) is 0 Å². The molecule has 4 heteroatoms. The van der Waals surface area contributed by atoms with Gasteiger partial charge in [0.15, 0.2) is 0 Å². The van der Waals surface area contributed by atoms with E-state index in [1.165, 1.54) is 19.3 Å². The lowest BCUT2D eigenvalue weighted by Gasteiger charge is -2.28. The Labute approximate surface area is 91.0 Å². The first-order valence-electron chi connectivity index (χ1n) is 4.90. The van der Waals surface area contributed by atoms with Crippen molar-refractivity contribution >= 4 is 18.2 Å². The van der Waals surface area contributed by atoms with Crippen molar-refractivity contribution in [2.24, 2.45) is 0 Å². The Morgan fingerprint density at radius 2 is 1.71 bits per heavy atom. The summed E-state index contributed by atoms with van der Waals surface area (Å²) in [6.07, 6.45) is 7.46. The number of aryl methyl sites for hydroxylation is 1. The Bertz CT molecular complexity index is 284. The van der Waals surface area contributed by atoms with E-state index >= 15 is 0 Å². The van der Waals surface area contributed by atoms with Crippen LogP contribution in [0.15, 0.2) is 12.4 Å². The highest BCUT2D eigenvalue weighted by Crippen LogP contribution is 2.18. The summed E-state index contributed by atoms with van der Waals surface area (Å²) < 4.78 is 0. The summed E-state index contributed by atoms with van der Waals surface area (Å²) in [5.41, 5.74) is 1.05. The van der Waals surface area contributed by atoms with Crippen molar-refractivity contribution in [1.82, 2.24) is 9.97 Å². The highest BCUT2D eigenvalue weighted by atomic mass is 35.5. The van der Waals surface area contributed by atoms with Crippen LogP contribution in [0.25, 0.3) is 0 Å². The third-order valence-corrected chi connectivity index (χ3v) is 2.51. The Hall–Kier alpha value is -0.830. The maximum absolute atomic E-state index is 4.37. The second-order valence-electron chi connectivity index (χ2n) is 3.51. The summed E-state index contributed by atoms with van der Waals surface area (Å²) in [5, 5.41) is 0. The maximum atomic E-state index is 4.37. The van der Waals surface area contributed by atoms with Gasteiger partial charge in [0.1, 0.15) is 5.82 Å². The molecule has 78 valence electrons. The van der Waals surface area contributed by atoms with Crippen molar-refractivity contribution in [2.45, 2.75) is 26.2 Å². The lowest BCUT2D eigenvalue weighted by molar-refractivity contribution is 0.571. The van der Waals surface area contributed by atoms with E-state index in [0.717, 1.165) is 24.6 Å². The van der Waals surface area contributed by atoms with E-state index in [0.29, 0.717) is 0 Å². The molecule has 0 unspecified atom stereocenters. The first kappa shape index (κ1) is 11.2. The average Bonchev–Trinajstić information content (AvgIpc) is 2.20. The van der Waals surface area contributed by atoms with Gasteiger partial charge >= 0.3 is 0 Å². The van der Waals surface area contributed by atoms with Gasteiger partial charge in [0.2, 0.25) is 0 Å². The fourth-order valence-corrected chi connectivity index (χ4v) is 1.82. The third-order valence-electron chi connectivity index (χ3n) is 2.51. The minimum atomic E-state index is 0. The first-order chi connectivity index (χ1) is 6.38. The minimum Gasteiger partial charge on any atom is -0.355 e. The van der Waals surface area contributed by atoms with Gasteiger partial charge in [0.25, 0.3) is 0 Å². The van der Waals surface area contributed by atoms with Crippen molar-refractivity contribution in [3.8, 4) is 0 Å². The van der Waals surface area contributed by atoms with Crippen molar-refractivity contribution in [3.05, 3.63) is 18.1 Å². The van der Waals surface area contributed by atoms with E-state index in [1.54, 1.807) is 12.4 Å². The SMILES string of the molecule is Cc1nccnc1N1CCCCC1.Cl. The topological polar surface area (TPSA) is 29.0 Å². The molecule has 1 saturated heterocycles. The van der Waals surface area contributed by atoms with Gasteiger partial charge in [0, 0.05) is 25.5 Å². The number of hydrogen-bond donors (Lipinski definition) is 0. The predicted molar refractivity (Wildman–Crippen MR) is 60.1 cm³/mol. The summed E-state index contributed by atoms with van der Waals surface area (Å²) in [6, 6.07) is 0. The second kappa shape index (κ2) is 5.15. The molecule has 0 saturated carbocycles. The molecule has 0 N–H and O–H groups in total. The molecule has 1 fully saturated rings. The highest BCUT2D eigenvalue weighted by Gasteiger charge is 2.13. The number of piperidine rings is 1. The van der Waals surface area contributed by atoms with Crippen LogP contribution in [-0.2, 0) is 0 Å². The van der Waals surface area contributed by atoms with Gasteiger partial charge in [0.05, 0.1) is 5.69 Å². The predicted octanol–water partition coefficient (Wildman–Crippen LogP) is 2.20. The van der Waals surface area contributed by atoms with Gasteiger partial charge in [-0.2, -0.15) is 0 Å². The molecule has 0 spiro atoms. The summed E-state index contributed by atoms with van der Waals surface area (Å²) in [4.78, 5) is 11.0. The molecule has 0 amide bonds. The van der Waals surface area contributed by atoms with Crippen LogP contribution >= 0.6 is 12.4 Å². The van der Waals surface area contributed by atoms with Gasteiger partial charge in [-0.15, -0.1) is 12.4 Å². The minimum absolute atomic E-state index is 0. The first-order valence-corrected chi connectivity index (χ1v) is 4.90. The number of hydrogen-bond acceptors (Lipinski definition) is 3. The Morgan fingerprint density at radius 3 is 2.36 bits per heavy atom. The summed E-state index contributed by atoms with van der Waals surface area (Å²) in [5.74, 6) is 1.07. The quantitative estimate of drug-likeness (QED) is 0.716. The Morgan fingerprint density at radius 1 is 1.07 bits per heavy atom. The zero-order valence-electron chi connectivity index (χ0n) is 8.44. The van der Waals surface area contributed by atoms with Gasteiger partial charge < -0.3 is 4.90 Å². The zero-order valence-corrected chi connectivity index (χ0v) is 9.26. The monoisotopic (exact) mass is 213 g/mol. The molecule has 0 aromatic carbocycles. The van der Waals surface area contributed by atoms with Crippen molar-refractivity contribution in [3.63, 3.8) is 0 Å². The van der Waals surface area contributed by atoms with E-state index in [4.69, 9.17) is 0 Å². The molecule has 1 aliphatic rings. The molecule has 1 aromatic rings. The van der Waals surface area contributed by atoms with Crippen LogP contribution in [0.5, 0.6) is 0 Å². The van der Waals surface area contributed by atoms with E-state index in [-0.39, 0.29) is 12.4 Å². The molecule has 0 radical (unpaired) electrons. The van der Waals surface area contributed by atoms with Gasteiger partial charge in [-0.05, 0) is 26.2 Å². The third kappa shape index (κ3) is 2.35. The van der Waals surface area contributed by atoms with Crippen molar-refractivity contribution in [2.75, 3.05) is 18.0 Å². The van der Waals surface area contributed by atoms with Crippen LogP contribution in [0.2, 0.25) is 0 Å². The average molecular weight is 214 g/mol. The van der Waals surface area contributed by atoms with Crippen LogP contribution in [0.4, 0.5) is 5.82 Å². The van der Waals surface area contributed by atoms with E-state index < -0.39 is 0 Å². The van der Waals surface area contributed by atoms with Crippen LogP contribution < -0.4 is 4.90 Å². The van der Waals surface area contributed by atoms with E-state index in [9.17, 15) is 0 Å². The summed E-state index contributed by atoms with van der Waals surface area (Å²) in [6.45, 7) is 4.30. The smallest absolute Gasteiger partial charge is 0.150 e. The van der Waals surface area contributed by atoms with Gasteiger partial charge in [-0.3, -0.25) is 4.98 Å². The number of nitrogens with zero attached hydrogens (tertiary/aromatic N) is 3. The van der Waals surface area contributed by atoms with Gasteiger partial charge in [-0.25, -0.2) is 4.98 Å². The molecule has 1 aromatic heterocycles. The molecule has 0 atom stereocenters. The molecular weight excluding hydrogens is 198 g/mol. The zero-order chi connectivity index (χ0) is 9.10. The molecular formula is C10H16ClN3. The summed E-state index contributed by atoms with van der Waals surface area (Å²) >= 11 is 0. The molecule has 0 bridgehead atoms. The molecule has 0 aliphatic carbocycles. The van der Waals surface area contributed by atoms with Crippen LogP contribution in [0, 0.1) is 6.92 Å². The molecule has 2 rings (SSSR count). The number of halogens is 1. The Balaban J connectivity index is 0.000000980. The van der Waals surface area contributed by atoms with E-state index in [1.807, 2.05) is 6.92 Å². The molecule has 2 heterocycles. The number of aromatic nitrogens is 2. The highest BCUT2D eigenvalue weighted by molar-refractivity contribution is 5.85. The maximum Gasteiger partial charge on any atom is 0.150 e. The molecule has 1 aliphatic heterocycles. The Kier molecular flexibility index (Phi) is 4.14. The van der Waals surface area contributed by atoms with Crippen LogP contribution in [0.3, 0.4) is 0 Å². The number of anilines is 1. The standard InChI is InChI=1S/C10H15N3.ClH/c1-9-10(12-6-5-11-9)13-7-3-2-4-8-13;/h5-6H,2-4,7-8H2,1H3;1H. The lowest BCUT2D eigenvalue weighted by atomic mass is 10.1. The fraction of sp³-hybridized carbons (Fsp3) is 0.600. The summed E-state index contributed by atoms with van der Waals surface area (Å²) in [7, 11) is 0. The second-order valence-corrected chi connectivity index (χ2v) is 3.51. The van der Waals surface area contributed by atoms with Crippen LogP contribution in [-0.4, -0.2) is 23.1 Å².